The maximum absolute atomic E-state index is 4.86. The Balaban J connectivity index is 2.09. The summed E-state index contributed by atoms with van der Waals surface area (Å²) in [6.07, 6.45) is 0. The molecular weight excluding hydrogens is 323 g/mol. The number of benzene rings is 2. The first kappa shape index (κ1) is 11.6. The third kappa shape index (κ3) is 1.45. The van der Waals surface area contributed by atoms with Crippen molar-refractivity contribution in [1.82, 2.24) is 9.97 Å². The number of H-pyrrole nitrogens is 1. The number of fused-ring (bicyclic) bond motifs is 6. The molecule has 0 radical (unpaired) electrons. The Labute approximate surface area is 127 Å². The Morgan fingerprint density at radius 2 is 1.71 bits per heavy atom. The first-order valence-corrected chi connectivity index (χ1v) is 8.72. The van der Waals surface area contributed by atoms with E-state index in [0.29, 0.717) is 0 Å². The van der Waals surface area contributed by atoms with E-state index in [9.17, 15) is 0 Å². The van der Waals surface area contributed by atoms with Gasteiger partial charge in [-0.25, -0.2) is 0 Å². The predicted octanol–water partition coefficient (Wildman–Crippen LogP) is 4.34. The van der Waals surface area contributed by atoms with E-state index in [0.717, 1.165) is 5.52 Å². The zero-order valence-electron chi connectivity index (χ0n) is 11.5. The molecule has 2 aliphatic heterocycles. The van der Waals surface area contributed by atoms with Crippen LogP contribution in [0.25, 0.3) is 41.7 Å². The summed E-state index contributed by atoms with van der Waals surface area (Å²) in [6.45, 7) is 2.24. The number of hydrogen-bond acceptors (Lipinski definition) is 1. The average Bonchev–Trinajstić information content (AvgIpc) is 3.04. The summed E-state index contributed by atoms with van der Waals surface area (Å²) in [5.41, 5.74) is 5.08. The predicted molar refractivity (Wildman–Crippen MR) is 89.4 cm³/mol. The molecule has 3 aromatic rings. The summed E-state index contributed by atoms with van der Waals surface area (Å²) >= 11 is 0.252. The van der Waals surface area contributed by atoms with Crippen molar-refractivity contribution in [2.24, 2.45) is 0 Å². The summed E-state index contributed by atoms with van der Waals surface area (Å²) in [4.78, 5) is 8.46. The molecule has 0 bridgehead atoms. The van der Waals surface area contributed by atoms with Crippen LogP contribution < -0.4 is 0 Å². The molecule has 2 aromatic carbocycles. The van der Waals surface area contributed by atoms with E-state index in [-0.39, 0.29) is 14.5 Å². The van der Waals surface area contributed by atoms with Crippen LogP contribution >= 0.6 is 0 Å². The summed E-state index contributed by atoms with van der Waals surface area (Å²) in [5, 5.41) is 4.03. The van der Waals surface area contributed by atoms with Crippen molar-refractivity contribution < 1.29 is 0 Å². The van der Waals surface area contributed by atoms with Crippen LogP contribution in [0.4, 0.5) is 0 Å². The van der Waals surface area contributed by atoms with Gasteiger partial charge < -0.3 is 0 Å². The van der Waals surface area contributed by atoms with Gasteiger partial charge in [0.1, 0.15) is 0 Å². The Morgan fingerprint density at radius 3 is 2.62 bits per heavy atom. The minimum absolute atomic E-state index is 0.252. The Kier molecular flexibility index (Phi) is 2.19. The first-order chi connectivity index (χ1) is 10.3. The third-order valence-electron chi connectivity index (χ3n) is 4.23. The molecule has 21 heavy (non-hydrogen) atoms. The topological polar surface area (TPSA) is 28.7 Å². The van der Waals surface area contributed by atoms with Gasteiger partial charge in [-0.05, 0) is 0 Å². The molecule has 0 saturated carbocycles. The molecule has 0 amide bonds. The third-order valence-corrected chi connectivity index (χ3v) is 6.33. The van der Waals surface area contributed by atoms with Crippen molar-refractivity contribution in [3.63, 3.8) is 0 Å². The molecule has 0 unspecified atom stereocenters. The summed E-state index contributed by atoms with van der Waals surface area (Å²) < 4.78 is 2.62. The van der Waals surface area contributed by atoms with Gasteiger partial charge in [0, 0.05) is 0 Å². The van der Waals surface area contributed by atoms with Crippen LogP contribution in [0.5, 0.6) is 0 Å². The van der Waals surface area contributed by atoms with E-state index in [2.05, 4.69) is 60.4 Å². The van der Waals surface area contributed by atoms with Crippen molar-refractivity contribution >= 4 is 46.1 Å². The second-order valence-corrected chi connectivity index (χ2v) is 7.51. The molecular formula is C18H12N2Se. The zero-order chi connectivity index (χ0) is 14.0. The number of aromatic amines is 1. The number of nitrogens with zero attached hydrogens (tertiary/aromatic N) is 1. The van der Waals surface area contributed by atoms with Gasteiger partial charge in [0.2, 0.25) is 0 Å². The minimum atomic E-state index is 0.252. The number of aromatic nitrogens is 2. The zero-order valence-corrected chi connectivity index (χ0v) is 13.2. The Bertz CT molecular complexity index is 1090. The molecule has 0 atom stereocenters. The molecule has 5 rings (SSSR count). The summed E-state index contributed by atoms with van der Waals surface area (Å²) in [7, 11) is 0. The van der Waals surface area contributed by atoms with E-state index in [1.54, 1.807) is 0 Å². The molecule has 0 saturated heterocycles. The number of rotatable bonds is 0. The van der Waals surface area contributed by atoms with Gasteiger partial charge in [-0.3, -0.25) is 0 Å². The Hall–Kier alpha value is -2.09. The summed E-state index contributed by atoms with van der Waals surface area (Å²) in [6, 6.07) is 17.1. The molecule has 3 heterocycles. The fourth-order valence-electron chi connectivity index (χ4n) is 3.29. The summed E-state index contributed by atoms with van der Waals surface area (Å²) in [5.74, 6) is 0. The van der Waals surface area contributed by atoms with Crippen LogP contribution in [0.2, 0.25) is 0 Å². The molecule has 2 nitrogen and oxygen atoms in total. The molecule has 0 spiro atoms. The standard InChI is InChI=1S/C18H12N2Se/c1-10-15-11-6-2-4-8-13(11)19-17(15)21-18-16(10)12-7-3-5-9-14(12)20-18/h2-9,19H,1H3. The number of nitrogens with one attached hydrogen (secondary N) is 1. The van der Waals surface area contributed by atoms with Crippen molar-refractivity contribution in [1.29, 1.82) is 0 Å². The van der Waals surface area contributed by atoms with Gasteiger partial charge in [0.15, 0.2) is 0 Å². The van der Waals surface area contributed by atoms with Crippen molar-refractivity contribution in [3.8, 4) is 10.1 Å². The van der Waals surface area contributed by atoms with Gasteiger partial charge in [0.25, 0.3) is 0 Å². The fourth-order valence-corrected chi connectivity index (χ4v) is 5.86. The van der Waals surface area contributed by atoms with Gasteiger partial charge in [-0.1, -0.05) is 0 Å². The number of aryl methyl sites for hydroxylation is 1. The van der Waals surface area contributed by atoms with E-state index in [1.165, 1.54) is 41.8 Å². The van der Waals surface area contributed by atoms with E-state index < -0.39 is 0 Å². The van der Waals surface area contributed by atoms with E-state index in [1.807, 2.05) is 0 Å². The molecule has 1 N–H and O–H groups in total. The monoisotopic (exact) mass is 336 g/mol. The molecule has 2 aliphatic rings. The molecule has 0 fully saturated rings. The van der Waals surface area contributed by atoms with Crippen LogP contribution in [0.15, 0.2) is 48.5 Å². The van der Waals surface area contributed by atoms with Gasteiger partial charge >= 0.3 is 127 Å². The molecule has 1 aromatic heterocycles. The van der Waals surface area contributed by atoms with Crippen LogP contribution in [-0.4, -0.2) is 24.5 Å². The molecule has 100 valence electrons. The first-order valence-electron chi connectivity index (χ1n) is 7.01. The van der Waals surface area contributed by atoms with Crippen molar-refractivity contribution in [2.45, 2.75) is 6.92 Å². The molecule has 3 heteroatoms. The van der Waals surface area contributed by atoms with Crippen molar-refractivity contribution in [3.05, 3.63) is 54.1 Å². The van der Waals surface area contributed by atoms with Gasteiger partial charge in [0.05, 0.1) is 0 Å². The van der Waals surface area contributed by atoms with Crippen molar-refractivity contribution in [2.75, 3.05) is 0 Å². The van der Waals surface area contributed by atoms with Crippen LogP contribution in [0.1, 0.15) is 5.56 Å². The average molecular weight is 335 g/mol. The second-order valence-electron chi connectivity index (χ2n) is 5.41. The second kappa shape index (κ2) is 3.97. The SMILES string of the molecule is Cc1c2c3ccccc3nc-2[se]c2[nH]c3ccccc3c12. The maximum atomic E-state index is 4.86. The normalized spacial score (nSPS) is 12.0. The molecule has 0 aliphatic carbocycles. The number of hydrogen-bond donors (Lipinski definition) is 1. The fraction of sp³-hybridized carbons (Fsp3) is 0.0556. The quantitative estimate of drug-likeness (QED) is 0.419. The van der Waals surface area contributed by atoms with E-state index in [4.69, 9.17) is 4.98 Å². The van der Waals surface area contributed by atoms with Crippen LogP contribution in [0, 0.1) is 6.92 Å². The van der Waals surface area contributed by atoms with Gasteiger partial charge in [-0.2, -0.15) is 0 Å². The number of para-hydroxylation sites is 2. The van der Waals surface area contributed by atoms with Crippen LogP contribution in [-0.2, 0) is 0 Å². The van der Waals surface area contributed by atoms with Gasteiger partial charge in [-0.15, -0.1) is 0 Å². The van der Waals surface area contributed by atoms with Crippen LogP contribution in [0.3, 0.4) is 0 Å². The Morgan fingerprint density at radius 1 is 0.952 bits per heavy atom. The van der Waals surface area contributed by atoms with E-state index >= 15 is 0 Å².